The SMILES string of the molecule is CCC1(O)CC(O)c2c(O)c3c(c(O)c2C1O[C@H]1C[C@H](N(C)C)[C@H](O)[C@H](C)O1)C(=O)c1cccc(O)c1C3=O. The van der Waals surface area contributed by atoms with Crippen molar-refractivity contribution in [2.75, 3.05) is 14.1 Å². The molecule has 0 saturated carbocycles. The van der Waals surface area contributed by atoms with Crippen molar-refractivity contribution in [1.29, 1.82) is 0 Å². The maximum Gasteiger partial charge on any atom is 0.202 e. The van der Waals surface area contributed by atoms with Crippen LogP contribution in [0.15, 0.2) is 18.2 Å². The number of phenolic OH excluding ortho intramolecular Hbond substituents is 3. The number of ether oxygens (including phenoxy) is 2. The van der Waals surface area contributed by atoms with Crippen molar-refractivity contribution < 1.29 is 49.7 Å². The monoisotopic (exact) mass is 543 g/mol. The Balaban J connectivity index is 1.68. The van der Waals surface area contributed by atoms with E-state index in [1.807, 2.05) is 4.90 Å². The predicted molar refractivity (Wildman–Crippen MR) is 136 cm³/mol. The van der Waals surface area contributed by atoms with E-state index in [1.54, 1.807) is 27.9 Å². The summed E-state index contributed by atoms with van der Waals surface area (Å²) in [5, 5.41) is 66.4. The number of hydrogen-bond donors (Lipinski definition) is 6. The molecule has 1 aliphatic heterocycles. The summed E-state index contributed by atoms with van der Waals surface area (Å²) < 4.78 is 12.1. The van der Waals surface area contributed by atoms with Crippen LogP contribution in [0, 0.1) is 0 Å². The van der Waals surface area contributed by atoms with E-state index in [9.17, 15) is 40.2 Å². The van der Waals surface area contributed by atoms with Crippen LogP contribution in [0.2, 0.25) is 0 Å². The molecule has 0 radical (unpaired) electrons. The largest absolute Gasteiger partial charge is 0.507 e. The van der Waals surface area contributed by atoms with Crippen molar-refractivity contribution in [3.05, 3.63) is 51.6 Å². The van der Waals surface area contributed by atoms with E-state index < -0.39 is 76.2 Å². The first kappa shape index (κ1) is 27.5. The molecule has 11 nitrogen and oxygen atoms in total. The zero-order chi connectivity index (χ0) is 28.5. The molecule has 0 amide bonds. The molecular weight excluding hydrogens is 510 g/mol. The number of aliphatic hydroxyl groups is 3. The average Bonchev–Trinajstić information content (AvgIpc) is 2.87. The molecule has 1 heterocycles. The topological polar surface area (TPSA) is 177 Å². The third-order valence-corrected chi connectivity index (χ3v) is 8.36. The van der Waals surface area contributed by atoms with Gasteiger partial charge in [0.25, 0.3) is 0 Å². The number of rotatable bonds is 4. The smallest absolute Gasteiger partial charge is 0.202 e. The molecule has 2 aromatic rings. The molecule has 3 aliphatic rings. The molecular formula is C28H33NO10. The Bertz CT molecular complexity index is 1360. The van der Waals surface area contributed by atoms with E-state index in [4.69, 9.17) is 9.47 Å². The number of hydrogen-bond acceptors (Lipinski definition) is 11. The van der Waals surface area contributed by atoms with Crippen LogP contribution in [0.4, 0.5) is 0 Å². The molecule has 0 aromatic heterocycles. The third kappa shape index (κ3) is 4.03. The quantitative estimate of drug-likeness (QED) is 0.264. The maximum atomic E-state index is 13.5. The summed E-state index contributed by atoms with van der Waals surface area (Å²) in [6.45, 7) is 3.34. The molecule has 210 valence electrons. The second-order valence-electron chi connectivity index (χ2n) is 10.9. The second-order valence-corrected chi connectivity index (χ2v) is 10.9. The fourth-order valence-corrected chi connectivity index (χ4v) is 6.15. The molecule has 2 aliphatic carbocycles. The normalized spacial score (nSPS) is 32.1. The van der Waals surface area contributed by atoms with Crippen molar-refractivity contribution >= 4 is 11.6 Å². The van der Waals surface area contributed by atoms with Gasteiger partial charge in [-0.3, -0.25) is 9.59 Å². The molecule has 2 aromatic carbocycles. The van der Waals surface area contributed by atoms with Gasteiger partial charge in [-0.15, -0.1) is 0 Å². The number of nitrogens with zero attached hydrogens (tertiary/aromatic N) is 1. The molecule has 1 saturated heterocycles. The minimum Gasteiger partial charge on any atom is -0.507 e. The van der Waals surface area contributed by atoms with Crippen molar-refractivity contribution in [2.45, 2.75) is 75.5 Å². The van der Waals surface area contributed by atoms with Gasteiger partial charge in [0.1, 0.15) is 23.4 Å². The highest BCUT2D eigenvalue weighted by molar-refractivity contribution is 6.31. The fraction of sp³-hybridized carbons (Fsp3) is 0.500. The van der Waals surface area contributed by atoms with Crippen molar-refractivity contribution in [3.63, 3.8) is 0 Å². The van der Waals surface area contributed by atoms with Gasteiger partial charge in [0.05, 0.1) is 40.6 Å². The van der Waals surface area contributed by atoms with Gasteiger partial charge in [0, 0.05) is 35.6 Å². The highest BCUT2D eigenvalue weighted by atomic mass is 16.7. The lowest BCUT2D eigenvalue weighted by Gasteiger charge is -2.47. The van der Waals surface area contributed by atoms with Crippen LogP contribution >= 0.6 is 0 Å². The first-order chi connectivity index (χ1) is 18.3. The molecule has 5 rings (SSSR count). The first-order valence-electron chi connectivity index (χ1n) is 12.9. The number of fused-ring (bicyclic) bond motifs is 3. The van der Waals surface area contributed by atoms with E-state index in [2.05, 4.69) is 0 Å². The van der Waals surface area contributed by atoms with Crippen molar-refractivity contribution in [2.24, 2.45) is 0 Å². The average molecular weight is 544 g/mol. The molecule has 0 bridgehead atoms. The van der Waals surface area contributed by atoms with Crippen LogP contribution in [0.1, 0.15) is 88.3 Å². The van der Waals surface area contributed by atoms with Gasteiger partial charge in [-0.25, -0.2) is 0 Å². The van der Waals surface area contributed by atoms with Gasteiger partial charge in [0.15, 0.2) is 12.1 Å². The lowest BCUT2D eigenvalue weighted by atomic mass is 9.70. The van der Waals surface area contributed by atoms with Crippen LogP contribution in [-0.4, -0.2) is 91.3 Å². The Labute approximate surface area is 224 Å². The summed E-state index contributed by atoms with van der Waals surface area (Å²) >= 11 is 0. The van der Waals surface area contributed by atoms with Gasteiger partial charge in [0.2, 0.25) is 5.78 Å². The Kier molecular flexibility index (Phi) is 6.73. The number of benzene rings is 2. The number of phenols is 3. The molecule has 39 heavy (non-hydrogen) atoms. The van der Waals surface area contributed by atoms with E-state index in [0.29, 0.717) is 0 Å². The van der Waals surface area contributed by atoms with Crippen molar-refractivity contribution in [1.82, 2.24) is 4.90 Å². The van der Waals surface area contributed by atoms with Gasteiger partial charge in [-0.2, -0.15) is 0 Å². The minimum atomic E-state index is -1.75. The Morgan fingerprint density at radius 1 is 1.03 bits per heavy atom. The molecule has 7 atom stereocenters. The molecule has 6 N–H and O–H groups in total. The lowest BCUT2D eigenvalue weighted by Crippen LogP contribution is -2.54. The number of carbonyl (C=O) groups excluding carboxylic acids is 2. The standard InChI is InChI=1S/C28H33NO10/c1-5-28(37)10-15(31)18-21(27(28)39-16-9-13(29(3)4)22(32)11(2)38-16)26(36)19-20(25(18)35)24(34)17-12(23(19)33)7-6-8-14(17)30/h6-8,11,13,15-16,22,27,30-32,35-37H,5,9-10H2,1-4H3/t11-,13-,15?,16-,22+,27?,28?/m0/s1. The number of likely N-dealkylation sites (N-methyl/N-ethyl adjacent to an activating group) is 1. The second kappa shape index (κ2) is 9.54. The van der Waals surface area contributed by atoms with Crippen LogP contribution in [0.3, 0.4) is 0 Å². The van der Waals surface area contributed by atoms with Crippen LogP contribution in [0.25, 0.3) is 0 Å². The van der Waals surface area contributed by atoms with Crippen LogP contribution < -0.4 is 0 Å². The van der Waals surface area contributed by atoms with Gasteiger partial charge in [-0.05, 0) is 33.5 Å². The van der Waals surface area contributed by atoms with Gasteiger partial charge >= 0.3 is 0 Å². The predicted octanol–water partition coefficient (Wildman–Crippen LogP) is 1.64. The number of aliphatic hydroxyl groups excluding tert-OH is 2. The lowest BCUT2D eigenvalue weighted by molar-refractivity contribution is -0.279. The summed E-state index contributed by atoms with van der Waals surface area (Å²) in [5.41, 5.74) is -3.73. The number of ketones is 2. The zero-order valence-corrected chi connectivity index (χ0v) is 22.1. The molecule has 3 unspecified atom stereocenters. The Morgan fingerprint density at radius 3 is 2.31 bits per heavy atom. The van der Waals surface area contributed by atoms with E-state index in [-0.39, 0.29) is 47.6 Å². The fourth-order valence-electron chi connectivity index (χ4n) is 6.15. The number of aromatic hydroxyl groups is 3. The Morgan fingerprint density at radius 2 is 1.67 bits per heavy atom. The van der Waals surface area contributed by atoms with Crippen LogP contribution in [-0.2, 0) is 9.47 Å². The van der Waals surface area contributed by atoms with E-state index in [0.717, 1.165) is 0 Å². The molecule has 11 heteroatoms. The van der Waals surface area contributed by atoms with Gasteiger partial charge in [-0.1, -0.05) is 19.1 Å². The van der Waals surface area contributed by atoms with E-state index in [1.165, 1.54) is 18.2 Å². The molecule has 1 fully saturated rings. The minimum absolute atomic E-state index is 0.0665. The van der Waals surface area contributed by atoms with Crippen molar-refractivity contribution in [3.8, 4) is 17.2 Å². The highest BCUT2D eigenvalue weighted by Gasteiger charge is 2.52. The summed E-state index contributed by atoms with van der Waals surface area (Å²) in [4.78, 5) is 28.7. The Hall–Kier alpha value is -3.06. The van der Waals surface area contributed by atoms with E-state index >= 15 is 0 Å². The maximum absolute atomic E-state index is 13.5. The third-order valence-electron chi connectivity index (χ3n) is 8.36. The number of carbonyl (C=O) groups is 2. The first-order valence-corrected chi connectivity index (χ1v) is 12.9. The summed E-state index contributed by atoms with van der Waals surface area (Å²) in [7, 11) is 3.60. The highest BCUT2D eigenvalue weighted by Crippen LogP contribution is 2.56. The van der Waals surface area contributed by atoms with Gasteiger partial charge < -0.3 is 45.0 Å². The van der Waals surface area contributed by atoms with Crippen LogP contribution in [0.5, 0.6) is 17.2 Å². The summed E-state index contributed by atoms with van der Waals surface area (Å²) in [5.74, 6) is -3.61. The summed E-state index contributed by atoms with van der Waals surface area (Å²) in [6.07, 6.45) is -5.33. The zero-order valence-electron chi connectivity index (χ0n) is 22.1. The summed E-state index contributed by atoms with van der Waals surface area (Å²) in [6, 6.07) is 3.58. The molecule has 0 spiro atoms.